The lowest BCUT2D eigenvalue weighted by molar-refractivity contribution is -0.125. The van der Waals surface area contributed by atoms with Crippen LogP contribution in [0.1, 0.15) is 31.2 Å². The van der Waals surface area contributed by atoms with E-state index in [0.717, 1.165) is 9.21 Å². The number of thiophene rings is 1. The van der Waals surface area contributed by atoms with Gasteiger partial charge in [0.15, 0.2) is 0 Å². The summed E-state index contributed by atoms with van der Waals surface area (Å²) in [5.74, 6) is 0.00496. The minimum absolute atomic E-state index is 0.00484. The van der Waals surface area contributed by atoms with E-state index in [0.29, 0.717) is 13.0 Å². The molecule has 2 atom stereocenters. The van der Waals surface area contributed by atoms with E-state index < -0.39 is 0 Å². The number of carbonyl (C=O) groups is 1. The predicted molar refractivity (Wildman–Crippen MR) is 68.7 cm³/mol. The molecule has 0 fully saturated rings. The molecule has 5 heteroatoms. The summed E-state index contributed by atoms with van der Waals surface area (Å²) in [5, 5.41) is 2.95. The molecule has 3 N–H and O–H groups in total. The fraction of sp³-hybridized carbons (Fsp3) is 0.545. The third-order valence-corrected chi connectivity index (χ3v) is 3.84. The first-order chi connectivity index (χ1) is 7.54. The van der Waals surface area contributed by atoms with Crippen molar-refractivity contribution in [3.8, 4) is 0 Å². The average Bonchev–Trinajstić information content (AvgIpc) is 2.65. The maximum Gasteiger partial charge on any atom is 0.223 e. The Bertz CT molecular complexity index is 354. The molecule has 0 aliphatic rings. The molecule has 1 heterocycles. The van der Waals surface area contributed by atoms with Gasteiger partial charge >= 0.3 is 0 Å². The highest BCUT2D eigenvalue weighted by atomic mass is 35.5. The molecule has 0 aromatic carbocycles. The summed E-state index contributed by atoms with van der Waals surface area (Å²) < 4.78 is 0.742. The molecule has 0 bridgehead atoms. The van der Waals surface area contributed by atoms with Crippen LogP contribution in [0.25, 0.3) is 0 Å². The van der Waals surface area contributed by atoms with Crippen LogP contribution in [0.3, 0.4) is 0 Å². The van der Waals surface area contributed by atoms with Crippen LogP contribution in [0.15, 0.2) is 12.1 Å². The van der Waals surface area contributed by atoms with Crippen LogP contribution in [0, 0.1) is 5.92 Å². The van der Waals surface area contributed by atoms with Gasteiger partial charge < -0.3 is 11.1 Å². The molecule has 1 amide bonds. The Hall–Kier alpha value is -0.580. The summed E-state index contributed by atoms with van der Waals surface area (Å²) in [5.41, 5.74) is 5.42. The Morgan fingerprint density at radius 1 is 1.56 bits per heavy atom. The van der Waals surface area contributed by atoms with Gasteiger partial charge in [-0.1, -0.05) is 18.5 Å². The van der Waals surface area contributed by atoms with Crippen molar-refractivity contribution in [3.05, 3.63) is 21.3 Å². The van der Waals surface area contributed by atoms with Gasteiger partial charge in [-0.05, 0) is 32.0 Å². The summed E-state index contributed by atoms with van der Waals surface area (Å²) in [6.45, 7) is 4.37. The number of hydrogen-bond acceptors (Lipinski definition) is 3. The Labute approximate surface area is 105 Å². The number of amides is 1. The second kappa shape index (κ2) is 6.23. The van der Waals surface area contributed by atoms with Crippen molar-refractivity contribution in [3.63, 3.8) is 0 Å². The maximum atomic E-state index is 11.7. The minimum atomic E-state index is -0.0390. The second-order valence-electron chi connectivity index (χ2n) is 3.85. The van der Waals surface area contributed by atoms with E-state index in [1.165, 1.54) is 11.3 Å². The Morgan fingerprint density at radius 2 is 2.25 bits per heavy atom. The van der Waals surface area contributed by atoms with E-state index in [1.807, 2.05) is 26.0 Å². The maximum absolute atomic E-state index is 11.7. The zero-order valence-electron chi connectivity index (χ0n) is 9.50. The third kappa shape index (κ3) is 3.77. The molecule has 3 nitrogen and oxygen atoms in total. The summed E-state index contributed by atoms with van der Waals surface area (Å²) >= 11 is 7.33. The Morgan fingerprint density at radius 3 is 2.75 bits per heavy atom. The Balaban J connectivity index is 2.51. The zero-order valence-corrected chi connectivity index (χ0v) is 11.1. The fourth-order valence-corrected chi connectivity index (χ4v) is 2.43. The molecule has 0 radical (unpaired) electrons. The molecular weight excluding hydrogens is 244 g/mol. The van der Waals surface area contributed by atoms with Crippen LogP contribution in [-0.2, 0) is 4.79 Å². The highest BCUT2D eigenvalue weighted by molar-refractivity contribution is 7.16. The summed E-state index contributed by atoms with van der Waals surface area (Å²) in [4.78, 5) is 12.8. The number of halogens is 1. The van der Waals surface area contributed by atoms with Crippen molar-refractivity contribution < 1.29 is 4.79 Å². The van der Waals surface area contributed by atoms with Gasteiger partial charge in [0.1, 0.15) is 0 Å². The van der Waals surface area contributed by atoms with E-state index in [9.17, 15) is 4.79 Å². The lowest BCUT2D eigenvalue weighted by Crippen LogP contribution is -2.32. The SMILES string of the molecule is CC(CCN)C(=O)NC(C)c1ccc(Cl)s1. The number of hydrogen-bond donors (Lipinski definition) is 2. The van der Waals surface area contributed by atoms with E-state index in [4.69, 9.17) is 17.3 Å². The van der Waals surface area contributed by atoms with Crippen molar-refractivity contribution in [2.24, 2.45) is 11.7 Å². The molecule has 0 saturated heterocycles. The van der Waals surface area contributed by atoms with Gasteiger partial charge in [-0.3, -0.25) is 4.79 Å². The van der Waals surface area contributed by atoms with Gasteiger partial charge in [0.05, 0.1) is 10.4 Å². The average molecular weight is 261 g/mol. The molecule has 1 aromatic rings. The normalized spacial score (nSPS) is 14.5. The van der Waals surface area contributed by atoms with Gasteiger partial charge in [0.25, 0.3) is 0 Å². The molecule has 2 unspecified atom stereocenters. The highest BCUT2D eigenvalue weighted by Crippen LogP contribution is 2.26. The smallest absolute Gasteiger partial charge is 0.223 e. The van der Waals surface area contributed by atoms with E-state index in [2.05, 4.69) is 5.32 Å². The van der Waals surface area contributed by atoms with Crippen molar-refractivity contribution in [1.29, 1.82) is 0 Å². The van der Waals surface area contributed by atoms with E-state index >= 15 is 0 Å². The third-order valence-electron chi connectivity index (χ3n) is 2.43. The van der Waals surface area contributed by atoms with Crippen LogP contribution in [0.4, 0.5) is 0 Å². The quantitative estimate of drug-likeness (QED) is 0.855. The first-order valence-corrected chi connectivity index (χ1v) is 6.49. The molecule has 16 heavy (non-hydrogen) atoms. The van der Waals surface area contributed by atoms with Crippen LogP contribution < -0.4 is 11.1 Å². The van der Waals surface area contributed by atoms with Crippen molar-refractivity contribution in [2.75, 3.05) is 6.54 Å². The predicted octanol–water partition coefficient (Wildman–Crippen LogP) is 2.56. The van der Waals surface area contributed by atoms with E-state index in [-0.39, 0.29) is 17.9 Å². The van der Waals surface area contributed by atoms with Crippen LogP contribution >= 0.6 is 22.9 Å². The topological polar surface area (TPSA) is 55.1 Å². The second-order valence-corrected chi connectivity index (χ2v) is 5.60. The first-order valence-electron chi connectivity index (χ1n) is 5.30. The fourth-order valence-electron chi connectivity index (χ4n) is 1.37. The summed E-state index contributed by atoms with van der Waals surface area (Å²) in [7, 11) is 0. The lowest BCUT2D eigenvalue weighted by atomic mass is 10.1. The number of nitrogens with two attached hydrogens (primary N) is 1. The number of carbonyl (C=O) groups excluding carboxylic acids is 1. The lowest BCUT2D eigenvalue weighted by Gasteiger charge is -2.15. The monoisotopic (exact) mass is 260 g/mol. The minimum Gasteiger partial charge on any atom is -0.349 e. The molecular formula is C11H17ClN2OS. The molecule has 1 rings (SSSR count). The largest absolute Gasteiger partial charge is 0.349 e. The molecule has 90 valence electrons. The zero-order chi connectivity index (χ0) is 12.1. The standard InChI is InChI=1S/C11H17ClN2OS/c1-7(5-6-13)11(15)14-8(2)9-3-4-10(12)16-9/h3-4,7-8H,5-6,13H2,1-2H3,(H,14,15). The van der Waals surface area contributed by atoms with Gasteiger partial charge in [0.2, 0.25) is 5.91 Å². The van der Waals surface area contributed by atoms with Crippen molar-refractivity contribution in [1.82, 2.24) is 5.32 Å². The van der Waals surface area contributed by atoms with Crippen LogP contribution in [0.2, 0.25) is 4.34 Å². The molecule has 0 aliphatic carbocycles. The highest BCUT2D eigenvalue weighted by Gasteiger charge is 2.16. The molecule has 1 aromatic heterocycles. The van der Waals surface area contributed by atoms with Crippen LogP contribution in [0.5, 0.6) is 0 Å². The molecule has 0 saturated carbocycles. The van der Waals surface area contributed by atoms with Crippen LogP contribution in [-0.4, -0.2) is 12.5 Å². The number of rotatable bonds is 5. The van der Waals surface area contributed by atoms with Crippen molar-refractivity contribution >= 4 is 28.8 Å². The van der Waals surface area contributed by atoms with Crippen molar-refractivity contribution in [2.45, 2.75) is 26.3 Å². The molecule has 0 spiro atoms. The van der Waals surface area contributed by atoms with Gasteiger partial charge in [-0.15, -0.1) is 11.3 Å². The van der Waals surface area contributed by atoms with Gasteiger partial charge in [0, 0.05) is 10.8 Å². The molecule has 0 aliphatic heterocycles. The first kappa shape index (κ1) is 13.5. The summed E-state index contributed by atoms with van der Waals surface area (Å²) in [6.07, 6.45) is 0.712. The Kier molecular flexibility index (Phi) is 5.25. The van der Waals surface area contributed by atoms with E-state index in [1.54, 1.807) is 0 Å². The van der Waals surface area contributed by atoms with Gasteiger partial charge in [-0.2, -0.15) is 0 Å². The number of nitrogens with one attached hydrogen (secondary N) is 1. The summed E-state index contributed by atoms with van der Waals surface area (Å²) in [6, 6.07) is 3.78. The van der Waals surface area contributed by atoms with Gasteiger partial charge in [-0.25, -0.2) is 0 Å².